The third-order valence-corrected chi connectivity index (χ3v) is 4.07. The maximum atomic E-state index is 11.8. The maximum Gasteiger partial charge on any atom is 0.317 e. The molecule has 2 N–H and O–H groups in total. The molecular weight excluding hydrogens is 270 g/mol. The number of carboxylic acids is 1. The second-order valence-electron chi connectivity index (χ2n) is 5.89. The molecule has 1 fully saturated rings. The van der Waals surface area contributed by atoms with Crippen LogP contribution in [-0.2, 0) is 4.79 Å². The lowest BCUT2D eigenvalue weighted by atomic mass is 10.0. The Morgan fingerprint density at radius 3 is 2.76 bits per heavy atom. The highest BCUT2D eigenvalue weighted by Crippen LogP contribution is 2.15. The van der Waals surface area contributed by atoms with Gasteiger partial charge in [0.15, 0.2) is 0 Å². The van der Waals surface area contributed by atoms with E-state index in [0.29, 0.717) is 25.6 Å². The molecule has 0 aromatic heterocycles. The van der Waals surface area contributed by atoms with Crippen LogP contribution in [0, 0.1) is 0 Å². The predicted octanol–water partition coefficient (Wildman–Crippen LogP) is 1.76. The molecule has 0 saturated carbocycles. The number of hydrogen-bond donors (Lipinski definition) is 2. The van der Waals surface area contributed by atoms with Crippen LogP contribution in [0.1, 0.15) is 45.4 Å². The maximum absolute atomic E-state index is 11.8. The number of urea groups is 1. The van der Waals surface area contributed by atoms with Crippen molar-refractivity contribution < 1.29 is 14.7 Å². The van der Waals surface area contributed by atoms with Crippen molar-refractivity contribution in [2.24, 2.45) is 0 Å². The van der Waals surface area contributed by atoms with Gasteiger partial charge in [-0.2, -0.15) is 0 Å². The predicted molar refractivity (Wildman–Crippen MR) is 82.4 cm³/mol. The molecule has 6 nitrogen and oxygen atoms in total. The van der Waals surface area contributed by atoms with E-state index in [1.165, 1.54) is 25.8 Å². The summed E-state index contributed by atoms with van der Waals surface area (Å²) in [6.45, 7) is 5.62. The highest BCUT2D eigenvalue weighted by Gasteiger charge is 2.17. The van der Waals surface area contributed by atoms with Crippen molar-refractivity contribution in [2.45, 2.75) is 51.5 Å². The SMILES string of the molecule is CC1CCCCN1CCCNC(=O)N(C)CCCC(=O)O. The van der Waals surface area contributed by atoms with Gasteiger partial charge in [0.05, 0.1) is 0 Å². The first-order valence-electron chi connectivity index (χ1n) is 7.95. The zero-order valence-electron chi connectivity index (χ0n) is 13.3. The van der Waals surface area contributed by atoms with Crippen LogP contribution in [-0.4, -0.2) is 66.2 Å². The molecular formula is C15H29N3O3. The Bertz CT molecular complexity index is 336. The molecule has 1 aliphatic heterocycles. The Balaban J connectivity index is 2.08. The normalized spacial score (nSPS) is 19.2. The van der Waals surface area contributed by atoms with Gasteiger partial charge < -0.3 is 20.2 Å². The molecule has 0 aromatic rings. The minimum absolute atomic E-state index is 0.102. The molecule has 1 saturated heterocycles. The summed E-state index contributed by atoms with van der Waals surface area (Å²) in [5.41, 5.74) is 0. The van der Waals surface area contributed by atoms with Crippen LogP contribution < -0.4 is 5.32 Å². The van der Waals surface area contributed by atoms with Crippen molar-refractivity contribution in [1.82, 2.24) is 15.1 Å². The number of hydrogen-bond acceptors (Lipinski definition) is 3. The molecule has 0 aliphatic carbocycles. The lowest BCUT2D eigenvalue weighted by Gasteiger charge is -2.33. The number of rotatable bonds is 8. The average molecular weight is 299 g/mol. The Hall–Kier alpha value is -1.30. The Morgan fingerprint density at radius 2 is 2.10 bits per heavy atom. The molecule has 0 bridgehead atoms. The summed E-state index contributed by atoms with van der Waals surface area (Å²) in [5, 5.41) is 11.4. The Kier molecular flexibility index (Phi) is 8.12. The molecule has 2 amide bonds. The van der Waals surface area contributed by atoms with E-state index in [1.807, 2.05) is 0 Å². The van der Waals surface area contributed by atoms with Gasteiger partial charge in [0.1, 0.15) is 0 Å². The van der Waals surface area contributed by atoms with Crippen molar-refractivity contribution in [2.75, 3.05) is 33.2 Å². The number of aliphatic carboxylic acids is 1. The minimum Gasteiger partial charge on any atom is -0.481 e. The molecule has 0 radical (unpaired) electrons. The molecule has 0 aromatic carbocycles. The van der Waals surface area contributed by atoms with Crippen LogP contribution in [0.3, 0.4) is 0 Å². The molecule has 1 atom stereocenters. The Labute approximate surface area is 127 Å². The Morgan fingerprint density at radius 1 is 1.33 bits per heavy atom. The molecule has 6 heteroatoms. The van der Waals surface area contributed by atoms with E-state index >= 15 is 0 Å². The molecule has 21 heavy (non-hydrogen) atoms. The van der Waals surface area contributed by atoms with E-state index < -0.39 is 5.97 Å². The summed E-state index contributed by atoms with van der Waals surface area (Å²) in [6, 6.07) is 0.542. The van der Waals surface area contributed by atoms with Gasteiger partial charge in [0.25, 0.3) is 0 Å². The van der Waals surface area contributed by atoms with Gasteiger partial charge in [-0.15, -0.1) is 0 Å². The second-order valence-corrected chi connectivity index (χ2v) is 5.89. The smallest absolute Gasteiger partial charge is 0.317 e. The summed E-state index contributed by atoms with van der Waals surface area (Å²) in [5.74, 6) is -0.820. The van der Waals surface area contributed by atoms with Gasteiger partial charge in [0.2, 0.25) is 0 Å². The number of nitrogens with zero attached hydrogens (tertiary/aromatic N) is 2. The van der Waals surface area contributed by atoms with Crippen molar-refractivity contribution >= 4 is 12.0 Å². The topological polar surface area (TPSA) is 72.9 Å². The largest absolute Gasteiger partial charge is 0.481 e. The molecule has 122 valence electrons. The lowest BCUT2D eigenvalue weighted by Crippen LogP contribution is -2.41. The molecule has 1 unspecified atom stereocenters. The van der Waals surface area contributed by atoms with Gasteiger partial charge in [-0.05, 0) is 39.2 Å². The van der Waals surface area contributed by atoms with Crippen LogP contribution in [0.2, 0.25) is 0 Å². The number of carbonyl (C=O) groups is 2. The van der Waals surface area contributed by atoms with E-state index in [0.717, 1.165) is 13.0 Å². The van der Waals surface area contributed by atoms with E-state index in [4.69, 9.17) is 5.11 Å². The van der Waals surface area contributed by atoms with Gasteiger partial charge in [-0.3, -0.25) is 4.79 Å². The highest BCUT2D eigenvalue weighted by atomic mass is 16.4. The van der Waals surface area contributed by atoms with Crippen molar-refractivity contribution in [1.29, 1.82) is 0 Å². The van der Waals surface area contributed by atoms with Crippen LogP contribution in [0.5, 0.6) is 0 Å². The highest BCUT2D eigenvalue weighted by molar-refractivity contribution is 5.73. The lowest BCUT2D eigenvalue weighted by molar-refractivity contribution is -0.137. The fourth-order valence-corrected chi connectivity index (χ4v) is 2.67. The first-order valence-corrected chi connectivity index (χ1v) is 7.95. The summed E-state index contributed by atoms with van der Waals surface area (Å²) < 4.78 is 0. The average Bonchev–Trinajstić information content (AvgIpc) is 2.44. The number of nitrogens with one attached hydrogen (secondary N) is 1. The third-order valence-electron chi connectivity index (χ3n) is 4.07. The van der Waals surface area contributed by atoms with Crippen molar-refractivity contribution in [3.05, 3.63) is 0 Å². The number of likely N-dealkylation sites (tertiary alicyclic amines) is 1. The number of piperidine rings is 1. The fourth-order valence-electron chi connectivity index (χ4n) is 2.67. The molecule has 1 rings (SSSR count). The summed E-state index contributed by atoms with van der Waals surface area (Å²) in [7, 11) is 1.70. The van der Waals surface area contributed by atoms with Gasteiger partial charge in [0, 0.05) is 39.1 Å². The summed E-state index contributed by atoms with van der Waals surface area (Å²) >= 11 is 0. The number of carbonyl (C=O) groups excluding carboxylic acids is 1. The quantitative estimate of drug-likeness (QED) is 0.670. The monoisotopic (exact) mass is 299 g/mol. The standard InChI is InChI=1S/C15H29N3O3/c1-13-7-3-4-11-18(13)12-6-9-16-15(21)17(2)10-5-8-14(19)20/h13H,3-12H2,1-2H3,(H,16,21)(H,19,20). The first kappa shape index (κ1) is 17.8. The third kappa shape index (κ3) is 7.32. The van der Waals surface area contributed by atoms with Crippen LogP contribution in [0.4, 0.5) is 4.79 Å². The van der Waals surface area contributed by atoms with Crippen LogP contribution >= 0.6 is 0 Å². The van der Waals surface area contributed by atoms with Gasteiger partial charge in [-0.25, -0.2) is 4.79 Å². The van der Waals surface area contributed by atoms with Gasteiger partial charge >= 0.3 is 12.0 Å². The van der Waals surface area contributed by atoms with Gasteiger partial charge in [-0.1, -0.05) is 6.42 Å². The van der Waals surface area contributed by atoms with E-state index in [9.17, 15) is 9.59 Å². The molecule has 0 spiro atoms. The zero-order chi connectivity index (χ0) is 15.7. The zero-order valence-corrected chi connectivity index (χ0v) is 13.3. The van der Waals surface area contributed by atoms with Crippen LogP contribution in [0.25, 0.3) is 0 Å². The molecule has 1 heterocycles. The molecule has 1 aliphatic rings. The van der Waals surface area contributed by atoms with E-state index in [2.05, 4.69) is 17.1 Å². The number of carboxylic acid groups (broad SMARTS) is 1. The minimum atomic E-state index is -0.820. The summed E-state index contributed by atoms with van der Waals surface area (Å²) in [4.78, 5) is 26.2. The van der Waals surface area contributed by atoms with Crippen LogP contribution in [0.15, 0.2) is 0 Å². The van der Waals surface area contributed by atoms with Crippen molar-refractivity contribution in [3.63, 3.8) is 0 Å². The fraction of sp³-hybridized carbons (Fsp3) is 0.867. The van der Waals surface area contributed by atoms with E-state index in [1.54, 1.807) is 11.9 Å². The second kappa shape index (κ2) is 9.60. The first-order chi connectivity index (χ1) is 10.0. The van der Waals surface area contributed by atoms with Crippen molar-refractivity contribution in [3.8, 4) is 0 Å². The number of amides is 2. The van der Waals surface area contributed by atoms with E-state index in [-0.39, 0.29) is 12.5 Å². The summed E-state index contributed by atoms with van der Waals surface area (Å²) in [6.07, 6.45) is 5.44.